The van der Waals surface area contributed by atoms with E-state index in [0.29, 0.717) is 25.9 Å². The standard InChI is InChI=1S/C25H21Cl2N3O2S/c1-14(23(31)29-21-11-18(26)8-9-20(21)27)30-13-28-24-22(25(30)32)19(12-33-24)17-7-6-15-4-2-3-5-16(15)10-17/h6-14H,2-5H2,1H3,(H,29,31). The summed E-state index contributed by atoms with van der Waals surface area (Å²) in [5, 5.41) is 6.10. The van der Waals surface area contributed by atoms with Crippen LogP contribution in [0.1, 0.15) is 36.9 Å². The van der Waals surface area contributed by atoms with E-state index in [0.717, 1.165) is 24.0 Å². The van der Waals surface area contributed by atoms with Gasteiger partial charge in [0.2, 0.25) is 5.91 Å². The lowest BCUT2D eigenvalue weighted by Crippen LogP contribution is -2.31. The fraction of sp³-hybridized carbons (Fsp3) is 0.240. The maximum Gasteiger partial charge on any atom is 0.263 e. The molecule has 1 N–H and O–H groups in total. The molecule has 1 unspecified atom stereocenters. The first-order valence-electron chi connectivity index (χ1n) is 10.8. The van der Waals surface area contributed by atoms with E-state index < -0.39 is 6.04 Å². The highest BCUT2D eigenvalue weighted by Gasteiger charge is 2.21. The van der Waals surface area contributed by atoms with E-state index in [4.69, 9.17) is 23.2 Å². The normalized spacial score (nSPS) is 14.2. The molecule has 0 aliphatic heterocycles. The second-order valence-electron chi connectivity index (χ2n) is 8.27. The number of carbonyl (C=O) groups excluding carboxylic acids is 1. The zero-order valence-corrected chi connectivity index (χ0v) is 20.2. The summed E-state index contributed by atoms with van der Waals surface area (Å²) in [5.41, 5.74) is 4.78. The molecule has 2 aromatic heterocycles. The number of hydrogen-bond acceptors (Lipinski definition) is 4. The lowest BCUT2D eigenvalue weighted by atomic mass is 9.89. The Hall–Kier alpha value is -2.67. The van der Waals surface area contributed by atoms with Crippen molar-refractivity contribution in [3.8, 4) is 11.1 Å². The van der Waals surface area contributed by atoms with Crippen LogP contribution in [0.2, 0.25) is 10.0 Å². The zero-order valence-electron chi connectivity index (χ0n) is 17.9. The van der Waals surface area contributed by atoms with Crippen LogP contribution in [-0.4, -0.2) is 15.5 Å². The van der Waals surface area contributed by atoms with Crippen LogP contribution in [0.3, 0.4) is 0 Å². The lowest BCUT2D eigenvalue weighted by Gasteiger charge is -2.17. The second-order valence-corrected chi connectivity index (χ2v) is 9.97. The summed E-state index contributed by atoms with van der Waals surface area (Å²) < 4.78 is 1.37. The second kappa shape index (κ2) is 8.93. The van der Waals surface area contributed by atoms with Crippen molar-refractivity contribution in [2.45, 2.75) is 38.6 Å². The van der Waals surface area contributed by atoms with Crippen LogP contribution < -0.4 is 10.9 Å². The Bertz CT molecular complexity index is 1440. The molecule has 1 aliphatic carbocycles. The number of benzene rings is 2. The van der Waals surface area contributed by atoms with E-state index in [1.807, 2.05) is 5.38 Å². The summed E-state index contributed by atoms with van der Waals surface area (Å²) in [6.07, 6.45) is 6.03. The predicted molar refractivity (Wildman–Crippen MR) is 136 cm³/mol. The molecule has 8 heteroatoms. The van der Waals surface area contributed by atoms with Gasteiger partial charge in [-0.3, -0.25) is 14.2 Å². The lowest BCUT2D eigenvalue weighted by molar-refractivity contribution is -0.118. The molecule has 0 saturated carbocycles. The molecule has 0 radical (unpaired) electrons. The molecule has 0 fully saturated rings. The topological polar surface area (TPSA) is 64.0 Å². The number of fused-ring (bicyclic) bond motifs is 2. The summed E-state index contributed by atoms with van der Waals surface area (Å²) in [6, 6.07) is 10.5. The molecule has 2 heterocycles. The molecule has 5 nitrogen and oxygen atoms in total. The number of carbonyl (C=O) groups is 1. The molecule has 4 aromatic rings. The largest absolute Gasteiger partial charge is 0.323 e. The number of amides is 1. The Kier molecular flexibility index (Phi) is 5.99. The SMILES string of the molecule is CC(C(=O)Nc1cc(Cl)ccc1Cl)n1cnc2scc(-c3ccc4c(c3)CCCC4)c2c1=O. The number of rotatable bonds is 4. The molecule has 1 atom stereocenters. The number of aryl methyl sites for hydroxylation is 2. The average molecular weight is 498 g/mol. The van der Waals surface area contributed by atoms with Gasteiger partial charge in [-0.15, -0.1) is 11.3 Å². The Labute approximate surface area is 205 Å². The first-order valence-corrected chi connectivity index (χ1v) is 12.4. The fourth-order valence-corrected chi connectivity index (χ4v) is 5.54. The van der Waals surface area contributed by atoms with Crippen molar-refractivity contribution in [3.63, 3.8) is 0 Å². The molecule has 33 heavy (non-hydrogen) atoms. The van der Waals surface area contributed by atoms with Crippen molar-refractivity contribution in [1.82, 2.24) is 9.55 Å². The highest BCUT2D eigenvalue weighted by molar-refractivity contribution is 7.17. The summed E-state index contributed by atoms with van der Waals surface area (Å²) in [5.74, 6) is -0.382. The van der Waals surface area contributed by atoms with Gasteiger partial charge in [-0.1, -0.05) is 41.4 Å². The maximum absolute atomic E-state index is 13.5. The number of anilines is 1. The number of aromatic nitrogens is 2. The molecule has 1 aliphatic rings. The quantitative estimate of drug-likeness (QED) is 0.349. The molecule has 168 valence electrons. The van der Waals surface area contributed by atoms with Crippen molar-refractivity contribution in [2.24, 2.45) is 0 Å². The minimum Gasteiger partial charge on any atom is -0.323 e. The van der Waals surface area contributed by atoms with Crippen molar-refractivity contribution < 1.29 is 4.79 Å². The third-order valence-electron chi connectivity index (χ3n) is 6.16. The highest BCUT2D eigenvalue weighted by atomic mass is 35.5. The summed E-state index contributed by atoms with van der Waals surface area (Å²) in [6.45, 7) is 1.66. The smallest absolute Gasteiger partial charge is 0.263 e. The van der Waals surface area contributed by atoms with Gasteiger partial charge in [0.05, 0.1) is 22.4 Å². The van der Waals surface area contributed by atoms with Crippen molar-refractivity contribution >= 4 is 56.3 Å². The Morgan fingerprint density at radius 1 is 1.12 bits per heavy atom. The number of halogens is 2. The van der Waals surface area contributed by atoms with Gasteiger partial charge >= 0.3 is 0 Å². The third-order valence-corrected chi connectivity index (χ3v) is 7.61. The molecular weight excluding hydrogens is 477 g/mol. The van der Waals surface area contributed by atoms with Gasteiger partial charge in [0.1, 0.15) is 10.9 Å². The molecule has 2 aromatic carbocycles. The van der Waals surface area contributed by atoms with Crippen molar-refractivity contribution in [2.75, 3.05) is 5.32 Å². The van der Waals surface area contributed by atoms with Gasteiger partial charge < -0.3 is 5.32 Å². The van der Waals surface area contributed by atoms with E-state index in [2.05, 4.69) is 28.5 Å². The van der Waals surface area contributed by atoms with Gasteiger partial charge in [-0.25, -0.2) is 4.98 Å². The van der Waals surface area contributed by atoms with E-state index >= 15 is 0 Å². The first-order chi connectivity index (χ1) is 15.9. The van der Waals surface area contributed by atoms with Gasteiger partial charge in [0, 0.05) is 16.0 Å². The van der Waals surface area contributed by atoms with Gasteiger partial charge in [0.25, 0.3) is 5.56 Å². The minimum atomic E-state index is -0.791. The Morgan fingerprint density at radius 2 is 1.91 bits per heavy atom. The third kappa shape index (κ3) is 4.19. The molecule has 0 spiro atoms. The van der Waals surface area contributed by atoms with Crippen molar-refractivity contribution in [1.29, 1.82) is 0 Å². The molecule has 0 bridgehead atoms. The molecular formula is C25H21Cl2N3O2S. The maximum atomic E-state index is 13.5. The Balaban J connectivity index is 1.51. The van der Waals surface area contributed by atoms with Gasteiger partial charge in [-0.2, -0.15) is 0 Å². The first kappa shape index (κ1) is 22.1. The van der Waals surface area contributed by atoms with Gasteiger partial charge in [-0.05, 0) is 67.5 Å². The van der Waals surface area contributed by atoms with Crippen LogP contribution in [0, 0.1) is 0 Å². The van der Waals surface area contributed by atoms with E-state index in [9.17, 15) is 9.59 Å². The molecule has 5 rings (SSSR count). The fourth-order valence-electron chi connectivity index (χ4n) is 4.29. The highest BCUT2D eigenvalue weighted by Crippen LogP contribution is 2.34. The van der Waals surface area contributed by atoms with Crippen LogP contribution in [0.4, 0.5) is 5.69 Å². The van der Waals surface area contributed by atoms with Crippen LogP contribution in [0.25, 0.3) is 21.3 Å². The number of nitrogens with zero attached hydrogens (tertiary/aromatic N) is 2. The van der Waals surface area contributed by atoms with Crippen LogP contribution >= 0.6 is 34.5 Å². The number of thiophene rings is 1. The number of hydrogen-bond donors (Lipinski definition) is 1. The summed E-state index contributed by atoms with van der Waals surface area (Å²) in [4.78, 5) is 31.5. The van der Waals surface area contributed by atoms with E-state index in [-0.39, 0.29) is 11.5 Å². The summed E-state index contributed by atoms with van der Waals surface area (Å²) in [7, 11) is 0. The monoisotopic (exact) mass is 497 g/mol. The zero-order chi connectivity index (χ0) is 23.1. The summed E-state index contributed by atoms with van der Waals surface area (Å²) >= 11 is 13.6. The number of nitrogens with one attached hydrogen (secondary N) is 1. The Morgan fingerprint density at radius 3 is 2.73 bits per heavy atom. The van der Waals surface area contributed by atoms with Crippen LogP contribution in [0.5, 0.6) is 0 Å². The predicted octanol–water partition coefficient (Wildman–Crippen LogP) is 6.51. The van der Waals surface area contributed by atoms with Gasteiger partial charge in [0.15, 0.2) is 0 Å². The molecule has 0 saturated heterocycles. The average Bonchev–Trinajstić information content (AvgIpc) is 3.26. The van der Waals surface area contributed by atoms with E-state index in [1.54, 1.807) is 25.1 Å². The van der Waals surface area contributed by atoms with Crippen LogP contribution in [-0.2, 0) is 17.6 Å². The van der Waals surface area contributed by atoms with Crippen molar-refractivity contribution in [3.05, 3.63) is 79.6 Å². The van der Waals surface area contributed by atoms with Crippen LogP contribution in [0.15, 0.2) is 52.9 Å². The minimum absolute atomic E-state index is 0.242. The molecule has 1 amide bonds. The van der Waals surface area contributed by atoms with E-state index in [1.165, 1.54) is 46.2 Å².